The summed E-state index contributed by atoms with van der Waals surface area (Å²) in [4.78, 5) is 18.9. The fourth-order valence-electron chi connectivity index (χ4n) is 3.09. The van der Waals surface area contributed by atoms with Gasteiger partial charge in [0.15, 0.2) is 0 Å². The van der Waals surface area contributed by atoms with Crippen LogP contribution < -0.4 is 14.9 Å². The first-order valence-electron chi connectivity index (χ1n) is 9.26. The Balaban J connectivity index is 1.58. The summed E-state index contributed by atoms with van der Waals surface area (Å²) in [6.07, 6.45) is 0.158. The van der Waals surface area contributed by atoms with Gasteiger partial charge in [0.1, 0.15) is 5.84 Å². The lowest BCUT2D eigenvalue weighted by Gasteiger charge is -2.21. The Labute approximate surface area is 165 Å². The maximum atomic E-state index is 12.2. The van der Waals surface area contributed by atoms with Gasteiger partial charge in [0.05, 0.1) is 11.4 Å². The van der Waals surface area contributed by atoms with Gasteiger partial charge in [-0.05, 0) is 50.2 Å². The van der Waals surface area contributed by atoms with Crippen molar-refractivity contribution in [3.05, 3.63) is 54.1 Å². The van der Waals surface area contributed by atoms with E-state index in [0.29, 0.717) is 5.56 Å². The average molecular weight is 401 g/mol. The molecule has 0 fully saturated rings. The largest absolute Gasteiger partial charge is 0.372 e. The zero-order chi connectivity index (χ0) is 20.1. The lowest BCUT2D eigenvalue weighted by Crippen LogP contribution is -2.23. The van der Waals surface area contributed by atoms with Gasteiger partial charge < -0.3 is 10.2 Å². The second kappa shape index (κ2) is 8.43. The summed E-state index contributed by atoms with van der Waals surface area (Å²) in [6, 6.07) is 14.4. The quantitative estimate of drug-likeness (QED) is 0.747. The molecule has 1 aliphatic heterocycles. The standard InChI is InChI=1S/C20H24N4O3S/c1-3-24(4-2)16-11-9-15(10-12-16)22-19(25)13-14-21-20-17-7-5-6-8-18(17)28(26,27)23-20/h5-12H,3-4,13-14H2,1-2H3,(H,21,23)(H,22,25). The third-order valence-corrected chi connectivity index (χ3v) is 5.95. The topological polar surface area (TPSA) is 90.9 Å². The lowest BCUT2D eigenvalue weighted by molar-refractivity contribution is -0.116. The molecule has 0 saturated carbocycles. The van der Waals surface area contributed by atoms with Crippen LogP contribution in [0.25, 0.3) is 0 Å². The molecular formula is C20H24N4O3S. The van der Waals surface area contributed by atoms with Crippen LogP contribution in [-0.4, -0.2) is 39.8 Å². The van der Waals surface area contributed by atoms with Crippen molar-refractivity contribution in [3.8, 4) is 0 Å². The highest BCUT2D eigenvalue weighted by molar-refractivity contribution is 7.90. The van der Waals surface area contributed by atoms with Crippen LogP contribution in [-0.2, 0) is 14.8 Å². The summed E-state index contributed by atoms with van der Waals surface area (Å²) >= 11 is 0. The highest BCUT2D eigenvalue weighted by Gasteiger charge is 2.29. The highest BCUT2D eigenvalue weighted by Crippen LogP contribution is 2.22. The van der Waals surface area contributed by atoms with E-state index in [4.69, 9.17) is 0 Å². The van der Waals surface area contributed by atoms with E-state index in [1.54, 1.807) is 18.2 Å². The number of hydrogen-bond acceptors (Lipinski definition) is 5. The second-order valence-electron chi connectivity index (χ2n) is 6.35. The number of nitrogens with one attached hydrogen (secondary N) is 2. The van der Waals surface area contributed by atoms with Crippen molar-refractivity contribution in [2.24, 2.45) is 4.99 Å². The molecule has 3 rings (SSSR count). The maximum Gasteiger partial charge on any atom is 0.263 e. The van der Waals surface area contributed by atoms with Gasteiger partial charge in [-0.1, -0.05) is 12.1 Å². The monoisotopic (exact) mass is 400 g/mol. The molecule has 0 unspecified atom stereocenters. The predicted octanol–water partition coefficient (Wildman–Crippen LogP) is 2.60. The number of nitrogens with zero attached hydrogens (tertiary/aromatic N) is 2. The van der Waals surface area contributed by atoms with E-state index < -0.39 is 10.0 Å². The molecule has 2 aromatic carbocycles. The van der Waals surface area contributed by atoms with Gasteiger partial charge in [-0.15, -0.1) is 0 Å². The number of amidine groups is 1. The van der Waals surface area contributed by atoms with E-state index in [1.165, 1.54) is 6.07 Å². The van der Waals surface area contributed by atoms with Gasteiger partial charge in [-0.2, -0.15) is 0 Å². The van der Waals surface area contributed by atoms with Crippen LogP contribution in [0.1, 0.15) is 25.8 Å². The van der Waals surface area contributed by atoms with E-state index in [9.17, 15) is 13.2 Å². The molecule has 1 heterocycles. The predicted molar refractivity (Wildman–Crippen MR) is 111 cm³/mol. The molecular weight excluding hydrogens is 376 g/mol. The van der Waals surface area contributed by atoms with Gasteiger partial charge in [-0.25, -0.2) is 8.42 Å². The molecule has 8 heteroatoms. The summed E-state index contributed by atoms with van der Waals surface area (Å²) in [5, 5.41) is 2.84. The van der Waals surface area contributed by atoms with E-state index in [0.717, 1.165) is 24.5 Å². The summed E-state index contributed by atoms with van der Waals surface area (Å²) in [5.74, 6) is 0.112. The molecule has 0 saturated heterocycles. The minimum atomic E-state index is -3.55. The molecule has 2 N–H and O–H groups in total. The van der Waals surface area contributed by atoms with Crippen LogP contribution in [0.3, 0.4) is 0 Å². The number of carbonyl (C=O) groups is 1. The average Bonchev–Trinajstić information content (AvgIpc) is 2.95. The molecule has 0 aromatic heterocycles. The molecule has 148 valence electrons. The minimum Gasteiger partial charge on any atom is -0.372 e. The van der Waals surface area contributed by atoms with Crippen LogP contribution in [0.4, 0.5) is 11.4 Å². The fourth-order valence-corrected chi connectivity index (χ4v) is 4.34. The van der Waals surface area contributed by atoms with Crippen LogP contribution in [0.2, 0.25) is 0 Å². The van der Waals surface area contributed by atoms with Gasteiger partial charge in [0.2, 0.25) is 5.91 Å². The number of rotatable bonds is 7. The van der Waals surface area contributed by atoms with Gasteiger partial charge in [0.25, 0.3) is 10.0 Å². The van der Waals surface area contributed by atoms with Crippen molar-refractivity contribution < 1.29 is 13.2 Å². The Kier molecular flexibility index (Phi) is 5.99. The number of hydrogen-bond donors (Lipinski definition) is 2. The number of amides is 1. The summed E-state index contributed by atoms with van der Waals surface area (Å²) in [7, 11) is -3.55. The maximum absolute atomic E-state index is 12.2. The third kappa shape index (κ3) is 4.33. The van der Waals surface area contributed by atoms with Gasteiger partial charge in [0, 0.05) is 36.4 Å². The van der Waals surface area contributed by atoms with E-state index >= 15 is 0 Å². The van der Waals surface area contributed by atoms with Crippen molar-refractivity contribution in [2.75, 3.05) is 29.9 Å². The van der Waals surface area contributed by atoms with Crippen molar-refractivity contribution in [3.63, 3.8) is 0 Å². The Hall–Kier alpha value is -2.87. The number of aliphatic imine (C=N–C) groups is 1. The SMILES string of the molecule is CCN(CC)c1ccc(NC(=O)CCN=C2NS(=O)(=O)c3ccccc32)cc1. The molecule has 28 heavy (non-hydrogen) atoms. The molecule has 2 aromatic rings. The van der Waals surface area contributed by atoms with Crippen LogP contribution >= 0.6 is 0 Å². The second-order valence-corrected chi connectivity index (χ2v) is 8.00. The van der Waals surface area contributed by atoms with Crippen LogP contribution in [0.5, 0.6) is 0 Å². The Morgan fingerprint density at radius 3 is 2.43 bits per heavy atom. The first kappa shape index (κ1) is 19.9. The first-order valence-corrected chi connectivity index (χ1v) is 10.7. The molecule has 0 aliphatic carbocycles. The van der Waals surface area contributed by atoms with Crippen molar-refractivity contribution in [1.82, 2.24) is 4.72 Å². The number of sulfonamides is 1. The Morgan fingerprint density at radius 2 is 1.75 bits per heavy atom. The molecule has 7 nitrogen and oxygen atoms in total. The Bertz CT molecular complexity index is 981. The fraction of sp³-hybridized carbons (Fsp3) is 0.300. The normalized spacial score (nSPS) is 15.7. The van der Waals surface area contributed by atoms with E-state index in [1.807, 2.05) is 24.3 Å². The van der Waals surface area contributed by atoms with Crippen molar-refractivity contribution in [2.45, 2.75) is 25.2 Å². The minimum absolute atomic E-state index is 0.158. The zero-order valence-corrected chi connectivity index (χ0v) is 16.8. The molecule has 0 atom stereocenters. The summed E-state index contributed by atoms with van der Waals surface area (Å²) in [6.45, 7) is 6.24. The van der Waals surface area contributed by atoms with Crippen molar-refractivity contribution >= 4 is 33.1 Å². The number of benzene rings is 2. The van der Waals surface area contributed by atoms with Gasteiger partial charge >= 0.3 is 0 Å². The third-order valence-electron chi connectivity index (χ3n) is 4.55. The molecule has 0 spiro atoms. The summed E-state index contributed by atoms with van der Waals surface area (Å²) in [5.41, 5.74) is 2.37. The molecule has 0 radical (unpaired) electrons. The Morgan fingerprint density at radius 1 is 1.07 bits per heavy atom. The zero-order valence-electron chi connectivity index (χ0n) is 16.0. The smallest absolute Gasteiger partial charge is 0.263 e. The van der Waals surface area contributed by atoms with Crippen LogP contribution in [0.15, 0.2) is 58.4 Å². The van der Waals surface area contributed by atoms with Crippen LogP contribution in [0, 0.1) is 0 Å². The molecule has 1 aliphatic rings. The lowest BCUT2D eigenvalue weighted by atomic mass is 10.2. The number of anilines is 2. The first-order chi connectivity index (χ1) is 13.4. The number of fused-ring (bicyclic) bond motifs is 1. The number of carbonyl (C=O) groups excluding carboxylic acids is 1. The van der Waals surface area contributed by atoms with Gasteiger partial charge in [-0.3, -0.25) is 14.5 Å². The highest BCUT2D eigenvalue weighted by atomic mass is 32.2. The van der Waals surface area contributed by atoms with E-state index in [2.05, 4.69) is 33.8 Å². The molecule has 0 bridgehead atoms. The molecule has 1 amide bonds. The van der Waals surface area contributed by atoms with Crippen molar-refractivity contribution in [1.29, 1.82) is 0 Å². The van der Waals surface area contributed by atoms with E-state index in [-0.39, 0.29) is 29.6 Å². The summed E-state index contributed by atoms with van der Waals surface area (Å²) < 4.78 is 26.5.